The van der Waals surface area contributed by atoms with Gasteiger partial charge >= 0.3 is 5.97 Å². The Morgan fingerprint density at radius 3 is 1.47 bits per heavy atom. The van der Waals surface area contributed by atoms with E-state index in [1.807, 2.05) is 24.3 Å². The van der Waals surface area contributed by atoms with Crippen LogP contribution in [0.15, 0.2) is 91.3 Å². The zero-order valence-corrected chi connectivity index (χ0v) is 23.4. The Hall–Kier alpha value is -4.05. The van der Waals surface area contributed by atoms with E-state index >= 15 is 0 Å². The van der Waals surface area contributed by atoms with Gasteiger partial charge in [-0.1, -0.05) is 42.5 Å². The largest absolute Gasteiger partial charge is 0.465 e. The van der Waals surface area contributed by atoms with Crippen LogP contribution in [-0.2, 0) is 15.8 Å². The molecule has 5 rings (SSSR count). The molecule has 0 bridgehead atoms. The number of carbonyl (C=O) groups is 1. The van der Waals surface area contributed by atoms with Crippen molar-refractivity contribution in [2.45, 2.75) is 52.6 Å². The standard InChI is InChI=1S/C34H36N2O2/c1-33(2,3)35-21-19-26(23-11-9-8-10-12-23)28-17-18-29-27(24-13-15-25(16-14-24)32(37)38-7)20-22-36(34(4,5)6)31(29)30(28)35/h8-22H,1-7H3/q+2. The molecule has 0 saturated heterocycles. The third kappa shape index (κ3) is 4.45. The number of rotatable bonds is 3. The normalized spacial score (nSPS) is 12.2. The average Bonchev–Trinajstić information content (AvgIpc) is 2.90. The van der Waals surface area contributed by atoms with Crippen LogP contribution in [0.4, 0.5) is 0 Å². The summed E-state index contributed by atoms with van der Waals surface area (Å²) in [4.78, 5) is 12.0. The van der Waals surface area contributed by atoms with Crippen LogP contribution < -0.4 is 9.13 Å². The SMILES string of the molecule is COC(=O)c1ccc(-c2cc[n+](C(C)(C)C)c3c2ccc2c(-c4ccccc4)cc[n+](C(C)(C)C)c23)cc1. The number of nitrogens with zero attached hydrogens (tertiary/aromatic N) is 2. The Labute approximate surface area is 225 Å². The maximum atomic E-state index is 12.0. The number of pyridine rings is 2. The molecular weight excluding hydrogens is 468 g/mol. The summed E-state index contributed by atoms with van der Waals surface area (Å²) in [6.45, 7) is 13.5. The van der Waals surface area contributed by atoms with Gasteiger partial charge < -0.3 is 4.74 Å². The van der Waals surface area contributed by atoms with Crippen molar-refractivity contribution >= 4 is 27.8 Å². The highest BCUT2D eigenvalue weighted by Crippen LogP contribution is 2.35. The van der Waals surface area contributed by atoms with E-state index in [0.717, 1.165) is 11.1 Å². The molecule has 0 aliphatic rings. The molecule has 0 saturated carbocycles. The van der Waals surface area contributed by atoms with Crippen LogP contribution in [0.25, 0.3) is 44.1 Å². The number of carbonyl (C=O) groups excluding carboxylic acids is 1. The predicted octanol–water partition coefficient (Wildman–Crippen LogP) is 7.20. The summed E-state index contributed by atoms with van der Waals surface area (Å²) < 4.78 is 9.70. The summed E-state index contributed by atoms with van der Waals surface area (Å²) in [5.41, 5.74) is 7.29. The van der Waals surface area contributed by atoms with Crippen LogP contribution in [0.2, 0.25) is 0 Å². The number of aromatic nitrogens is 2. The van der Waals surface area contributed by atoms with Crippen LogP contribution in [0, 0.1) is 0 Å². The second-order valence-corrected chi connectivity index (χ2v) is 11.8. The highest BCUT2D eigenvalue weighted by Gasteiger charge is 2.35. The highest BCUT2D eigenvalue weighted by atomic mass is 16.5. The summed E-state index contributed by atoms with van der Waals surface area (Å²) in [5, 5.41) is 2.39. The number of benzene rings is 3. The van der Waals surface area contributed by atoms with Gasteiger partial charge in [-0.25, -0.2) is 4.79 Å². The van der Waals surface area contributed by atoms with E-state index in [0.29, 0.717) is 5.56 Å². The lowest BCUT2D eigenvalue weighted by molar-refractivity contribution is -0.747. The van der Waals surface area contributed by atoms with Crippen molar-refractivity contribution in [1.29, 1.82) is 0 Å². The molecule has 3 aromatic carbocycles. The average molecular weight is 505 g/mol. The molecule has 0 aliphatic heterocycles. The molecule has 0 N–H and O–H groups in total. The number of esters is 1. The molecule has 38 heavy (non-hydrogen) atoms. The Morgan fingerprint density at radius 1 is 0.605 bits per heavy atom. The number of ether oxygens (including phenoxy) is 1. The summed E-state index contributed by atoms with van der Waals surface area (Å²) in [6.07, 6.45) is 4.43. The van der Waals surface area contributed by atoms with E-state index in [1.54, 1.807) is 0 Å². The number of fused-ring (bicyclic) bond motifs is 3. The fourth-order valence-electron chi connectivity index (χ4n) is 5.27. The van der Waals surface area contributed by atoms with Crippen molar-refractivity contribution < 1.29 is 18.7 Å². The molecule has 0 fully saturated rings. The molecule has 0 unspecified atom stereocenters. The molecule has 2 aromatic heterocycles. The van der Waals surface area contributed by atoms with Gasteiger partial charge in [0.25, 0.3) is 11.0 Å². The lowest BCUT2D eigenvalue weighted by Gasteiger charge is -2.20. The number of methoxy groups -OCH3 is 1. The molecule has 4 heteroatoms. The van der Waals surface area contributed by atoms with Crippen LogP contribution in [0.3, 0.4) is 0 Å². The fourth-order valence-corrected chi connectivity index (χ4v) is 5.27. The van der Waals surface area contributed by atoms with Gasteiger partial charge in [0.15, 0.2) is 23.5 Å². The molecule has 0 radical (unpaired) electrons. The third-order valence-corrected chi connectivity index (χ3v) is 7.14. The van der Waals surface area contributed by atoms with Crippen LogP contribution in [0.1, 0.15) is 51.9 Å². The van der Waals surface area contributed by atoms with Crippen LogP contribution >= 0.6 is 0 Å². The first-order chi connectivity index (χ1) is 18.0. The lowest BCUT2D eigenvalue weighted by Crippen LogP contribution is -2.54. The van der Waals surface area contributed by atoms with Gasteiger partial charge in [0.05, 0.1) is 23.4 Å². The molecule has 4 nitrogen and oxygen atoms in total. The third-order valence-electron chi connectivity index (χ3n) is 7.14. The summed E-state index contributed by atoms with van der Waals surface area (Å²) in [6, 6.07) is 27.2. The van der Waals surface area contributed by atoms with Crippen molar-refractivity contribution in [3.05, 3.63) is 96.8 Å². The van der Waals surface area contributed by atoms with Gasteiger partial charge in [-0.15, -0.1) is 0 Å². The number of hydrogen-bond donors (Lipinski definition) is 0. The maximum absolute atomic E-state index is 12.0. The van der Waals surface area contributed by atoms with Gasteiger partial charge in [-0.05, 0) is 35.4 Å². The quantitative estimate of drug-likeness (QED) is 0.148. The summed E-state index contributed by atoms with van der Waals surface area (Å²) in [5.74, 6) is -0.328. The monoisotopic (exact) mass is 504 g/mol. The molecular formula is C34H36N2O2+2. The minimum absolute atomic E-state index is 0.129. The van der Waals surface area contributed by atoms with E-state index in [-0.39, 0.29) is 17.0 Å². The smallest absolute Gasteiger partial charge is 0.337 e. The van der Waals surface area contributed by atoms with E-state index < -0.39 is 0 Å². The van der Waals surface area contributed by atoms with Crippen LogP contribution in [-0.4, -0.2) is 13.1 Å². The minimum Gasteiger partial charge on any atom is -0.465 e. The predicted molar refractivity (Wildman–Crippen MR) is 154 cm³/mol. The lowest BCUT2D eigenvalue weighted by atomic mass is 9.93. The minimum atomic E-state index is -0.328. The van der Waals surface area contributed by atoms with Crippen molar-refractivity contribution in [1.82, 2.24) is 0 Å². The molecule has 0 spiro atoms. The fraction of sp³-hybridized carbons (Fsp3) is 0.265. The van der Waals surface area contributed by atoms with Gasteiger partial charge in [-0.2, -0.15) is 9.13 Å². The topological polar surface area (TPSA) is 34.1 Å². The Kier molecular flexibility index (Phi) is 6.30. The van der Waals surface area contributed by atoms with Crippen molar-refractivity contribution in [2.24, 2.45) is 0 Å². The molecule has 0 aliphatic carbocycles. The first-order valence-corrected chi connectivity index (χ1v) is 13.1. The van der Waals surface area contributed by atoms with Crippen LogP contribution in [0.5, 0.6) is 0 Å². The molecule has 0 atom stereocenters. The van der Waals surface area contributed by atoms with Gasteiger partial charge in [0, 0.05) is 64.8 Å². The maximum Gasteiger partial charge on any atom is 0.337 e. The van der Waals surface area contributed by atoms with Gasteiger partial charge in [0.2, 0.25) is 0 Å². The summed E-state index contributed by atoms with van der Waals surface area (Å²) in [7, 11) is 1.41. The zero-order valence-electron chi connectivity index (χ0n) is 23.4. The first-order valence-electron chi connectivity index (χ1n) is 13.1. The molecule has 5 aromatic rings. The van der Waals surface area contributed by atoms with Crippen molar-refractivity contribution in [3.63, 3.8) is 0 Å². The zero-order chi connectivity index (χ0) is 27.2. The number of hydrogen-bond acceptors (Lipinski definition) is 2. The molecule has 2 heterocycles. The van der Waals surface area contributed by atoms with Crippen molar-refractivity contribution in [2.75, 3.05) is 7.11 Å². The Bertz CT molecular complexity index is 1660. The second kappa shape index (κ2) is 9.36. The first kappa shape index (κ1) is 25.6. The van der Waals surface area contributed by atoms with Crippen molar-refractivity contribution in [3.8, 4) is 22.3 Å². The summed E-state index contributed by atoms with van der Waals surface area (Å²) >= 11 is 0. The second-order valence-electron chi connectivity index (χ2n) is 11.8. The molecule has 192 valence electrons. The molecule has 0 amide bonds. The van der Waals surface area contributed by atoms with E-state index in [9.17, 15) is 4.79 Å². The van der Waals surface area contributed by atoms with E-state index in [4.69, 9.17) is 4.74 Å². The van der Waals surface area contributed by atoms with E-state index in [2.05, 4.69) is 118 Å². The Balaban J connectivity index is 1.92. The van der Waals surface area contributed by atoms with E-state index in [1.165, 1.54) is 40.0 Å². The van der Waals surface area contributed by atoms with Gasteiger partial charge in [0.1, 0.15) is 0 Å². The van der Waals surface area contributed by atoms with Gasteiger partial charge in [-0.3, -0.25) is 0 Å². The highest BCUT2D eigenvalue weighted by molar-refractivity contribution is 6.09. The Morgan fingerprint density at radius 2 is 1.05 bits per heavy atom.